The van der Waals surface area contributed by atoms with E-state index in [1.54, 1.807) is 0 Å². The number of hydrogen-bond donors (Lipinski definition) is 0. The molecule has 2 rings (SSSR count). The van der Waals surface area contributed by atoms with Gasteiger partial charge in [0.1, 0.15) is 0 Å². The Morgan fingerprint density at radius 1 is 1.18 bits per heavy atom. The van der Waals surface area contributed by atoms with E-state index in [2.05, 4.69) is 6.92 Å². The van der Waals surface area contributed by atoms with Gasteiger partial charge in [-0.1, -0.05) is 6.92 Å². The molecule has 64 valence electrons. The van der Waals surface area contributed by atoms with Gasteiger partial charge in [0, 0.05) is 6.61 Å². The minimum atomic E-state index is 0.354. The molecule has 0 aromatic rings. The van der Waals surface area contributed by atoms with Crippen LogP contribution >= 0.6 is 0 Å². The van der Waals surface area contributed by atoms with E-state index in [9.17, 15) is 0 Å². The maximum atomic E-state index is 5.83. The summed E-state index contributed by atoms with van der Waals surface area (Å²) in [6.45, 7) is 3.39. The predicted octanol–water partition coefficient (Wildman–Crippen LogP) is 2.75. The quantitative estimate of drug-likeness (QED) is 0.521. The lowest BCUT2D eigenvalue weighted by molar-refractivity contribution is -0.0330. The van der Waals surface area contributed by atoms with E-state index in [0.717, 1.165) is 12.5 Å². The molecule has 0 N–H and O–H groups in total. The van der Waals surface area contributed by atoms with Gasteiger partial charge in [0.05, 0.1) is 5.60 Å². The third kappa shape index (κ3) is 1.44. The molecule has 1 aliphatic carbocycles. The van der Waals surface area contributed by atoms with E-state index in [0.29, 0.717) is 5.60 Å². The monoisotopic (exact) mass is 154 g/mol. The first-order chi connectivity index (χ1) is 5.31. The van der Waals surface area contributed by atoms with Crippen LogP contribution in [0, 0.1) is 5.92 Å². The molecule has 0 amide bonds. The average Bonchev–Trinajstić information content (AvgIpc) is 2.45. The van der Waals surface area contributed by atoms with E-state index in [4.69, 9.17) is 4.74 Å². The van der Waals surface area contributed by atoms with E-state index in [1.807, 2.05) is 0 Å². The first-order valence-electron chi connectivity index (χ1n) is 4.95. The standard InChI is InChI=1S/C10H18O/c1-9-3-6-10(7-4-9)5-2-8-11-10/h9H,2-8H2,1H3. The van der Waals surface area contributed by atoms with Crippen LogP contribution in [0.5, 0.6) is 0 Å². The van der Waals surface area contributed by atoms with Crippen molar-refractivity contribution in [3.63, 3.8) is 0 Å². The zero-order chi connectivity index (χ0) is 7.73. The summed E-state index contributed by atoms with van der Waals surface area (Å²) in [6, 6.07) is 0. The molecule has 1 heterocycles. The second-order valence-electron chi connectivity index (χ2n) is 4.32. The highest BCUT2D eigenvalue weighted by molar-refractivity contribution is 4.89. The summed E-state index contributed by atoms with van der Waals surface area (Å²) in [5, 5.41) is 0. The molecule has 2 fully saturated rings. The molecular weight excluding hydrogens is 136 g/mol. The summed E-state index contributed by atoms with van der Waals surface area (Å²) in [7, 11) is 0. The van der Waals surface area contributed by atoms with Gasteiger partial charge in [-0.3, -0.25) is 0 Å². The van der Waals surface area contributed by atoms with Crippen LogP contribution in [0.15, 0.2) is 0 Å². The van der Waals surface area contributed by atoms with Crippen LogP contribution in [0.2, 0.25) is 0 Å². The van der Waals surface area contributed by atoms with Gasteiger partial charge in [0.25, 0.3) is 0 Å². The minimum Gasteiger partial charge on any atom is -0.375 e. The fraction of sp³-hybridized carbons (Fsp3) is 1.00. The van der Waals surface area contributed by atoms with E-state index >= 15 is 0 Å². The highest BCUT2D eigenvalue weighted by Gasteiger charge is 2.37. The lowest BCUT2D eigenvalue weighted by Crippen LogP contribution is -2.32. The van der Waals surface area contributed by atoms with Crippen LogP contribution in [0.3, 0.4) is 0 Å². The Labute approximate surface area is 69.1 Å². The molecule has 1 aliphatic heterocycles. The molecular formula is C10H18O. The van der Waals surface area contributed by atoms with Crippen molar-refractivity contribution in [1.29, 1.82) is 0 Å². The van der Waals surface area contributed by atoms with Crippen LogP contribution in [-0.2, 0) is 4.74 Å². The molecule has 1 saturated heterocycles. The molecule has 2 aliphatic rings. The van der Waals surface area contributed by atoms with Crippen molar-refractivity contribution in [2.24, 2.45) is 5.92 Å². The normalized spacial score (nSPS) is 45.0. The first kappa shape index (κ1) is 7.60. The van der Waals surface area contributed by atoms with Crippen molar-refractivity contribution in [2.75, 3.05) is 6.61 Å². The van der Waals surface area contributed by atoms with Crippen LogP contribution in [0.25, 0.3) is 0 Å². The van der Waals surface area contributed by atoms with Gasteiger partial charge >= 0.3 is 0 Å². The van der Waals surface area contributed by atoms with Gasteiger partial charge in [-0.25, -0.2) is 0 Å². The summed E-state index contributed by atoms with van der Waals surface area (Å²) in [6.07, 6.45) is 8.07. The smallest absolute Gasteiger partial charge is 0.0683 e. The molecule has 0 radical (unpaired) electrons. The van der Waals surface area contributed by atoms with E-state index < -0.39 is 0 Å². The fourth-order valence-electron chi connectivity index (χ4n) is 2.44. The molecule has 0 unspecified atom stereocenters. The third-order valence-electron chi connectivity index (χ3n) is 3.37. The first-order valence-corrected chi connectivity index (χ1v) is 4.95. The van der Waals surface area contributed by atoms with Gasteiger partial charge in [0.2, 0.25) is 0 Å². The predicted molar refractivity (Wildman–Crippen MR) is 45.5 cm³/mol. The SMILES string of the molecule is CC1CCC2(CCCO2)CC1. The molecule has 0 atom stereocenters. The molecule has 1 spiro atoms. The van der Waals surface area contributed by atoms with Crippen molar-refractivity contribution in [2.45, 2.75) is 51.0 Å². The Bertz CT molecular complexity index is 126. The Morgan fingerprint density at radius 2 is 1.91 bits per heavy atom. The Hall–Kier alpha value is -0.0400. The maximum absolute atomic E-state index is 5.83. The average molecular weight is 154 g/mol. The maximum Gasteiger partial charge on any atom is 0.0683 e. The zero-order valence-electron chi connectivity index (χ0n) is 7.44. The van der Waals surface area contributed by atoms with Crippen molar-refractivity contribution < 1.29 is 4.74 Å². The molecule has 0 aromatic heterocycles. The van der Waals surface area contributed by atoms with Crippen molar-refractivity contribution in [3.05, 3.63) is 0 Å². The molecule has 1 heteroatoms. The largest absolute Gasteiger partial charge is 0.375 e. The van der Waals surface area contributed by atoms with Gasteiger partial charge in [-0.15, -0.1) is 0 Å². The number of ether oxygens (including phenoxy) is 1. The van der Waals surface area contributed by atoms with Crippen molar-refractivity contribution in [1.82, 2.24) is 0 Å². The molecule has 0 bridgehead atoms. The van der Waals surface area contributed by atoms with Gasteiger partial charge < -0.3 is 4.74 Å². The summed E-state index contributed by atoms with van der Waals surface area (Å²) >= 11 is 0. The van der Waals surface area contributed by atoms with Crippen LogP contribution < -0.4 is 0 Å². The summed E-state index contributed by atoms with van der Waals surface area (Å²) in [5.41, 5.74) is 0.354. The van der Waals surface area contributed by atoms with Crippen LogP contribution in [-0.4, -0.2) is 12.2 Å². The lowest BCUT2D eigenvalue weighted by Gasteiger charge is -2.35. The summed E-state index contributed by atoms with van der Waals surface area (Å²) < 4.78 is 5.83. The lowest BCUT2D eigenvalue weighted by atomic mass is 9.78. The Morgan fingerprint density at radius 3 is 2.45 bits per heavy atom. The van der Waals surface area contributed by atoms with Gasteiger partial charge in [-0.05, 0) is 44.4 Å². The Kier molecular flexibility index (Phi) is 1.92. The van der Waals surface area contributed by atoms with Gasteiger partial charge in [0.15, 0.2) is 0 Å². The van der Waals surface area contributed by atoms with Crippen molar-refractivity contribution >= 4 is 0 Å². The summed E-state index contributed by atoms with van der Waals surface area (Å²) in [4.78, 5) is 0. The van der Waals surface area contributed by atoms with Gasteiger partial charge in [-0.2, -0.15) is 0 Å². The third-order valence-corrected chi connectivity index (χ3v) is 3.37. The topological polar surface area (TPSA) is 9.23 Å². The van der Waals surface area contributed by atoms with Crippen LogP contribution in [0.4, 0.5) is 0 Å². The molecule has 11 heavy (non-hydrogen) atoms. The minimum absolute atomic E-state index is 0.354. The van der Waals surface area contributed by atoms with Crippen molar-refractivity contribution in [3.8, 4) is 0 Å². The molecule has 1 saturated carbocycles. The van der Waals surface area contributed by atoms with E-state index in [1.165, 1.54) is 38.5 Å². The molecule has 0 aromatic carbocycles. The van der Waals surface area contributed by atoms with E-state index in [-0.39, 0.29) is 0 Å². The number of hydrogen-bond acceptors (Lipinski definition) is 1. The molecule has 1 nitrogen and oxygen atoms in total. The zero-order valence-corrected chi connectivity index (χ0v) is 7.44. The highest BCUT2D eigenvalue weighted by atomic mass is 16.5. The second-order valence-corrected chi connectivity index (χ2v) is 4.32. The highest BCUT2D eigenvalue weighted by Crippen LogP contribution is 2.40. The number of rotatable bonds is 0. The second kappa shape index (κ2) is 2.78. The van der Waals surface area contributed by atoms with Crippen LogP contribution in [0.1, 0.15) is 45.4 Å². The Balaban J connectivity index is 1.94. The fourth-order valence-corrected chi connectivity index (χ4v) is 2.44. The summed E-state index contributed by atoms with van der Waals surface area (Å²) in [5.74, 6) is 0.949.